The van der Waals surface area contributed by atoms with Gasteiger partial charge in [-0.2, -0.15) is 0 Å². The van der Waals surface area contributed by atoms with Gasteiger partial charge in [-0.1, -0.05) is 225 Å². The van der Waals surface area contributed by atoms with Gasteiger partial charge in [-0.25, -0.2) is 0 Å². The second-order valence-corrected chi connectivity index (χ2v) is 17.7. The number of esters is 2. The highest BCUT2D eigenvalue weighted by Crippen LogP contribution is 2.13. The highest BCUT2D eigenvalue weighted by Gasteiger charge is 2.17. The van der Waals surface area contributed by atoms with Crippen molar-refractivity contribution in [2.45, 2.75) is 232 Å². The van der Waals surface area contributed by atoms with E-state index in [1.165, 1.54) is 77.0 Å². The predicted molar refractivity (Wildman–Crippen MR) is 297 cm³/mol. The summed E-state index contributed by atoms with van der Waals surface area (Å²) in [6, 6.07) is 0. The molecule has 0 heterocycles. The zero-order chi connectivity index (χ0) is 49.2. The second-order valence-electron chi connectivity index (χ2n) is 17.7. The van der Waals surface area contributed by atoms with E-state index in [0.717, 1.165) is 116 Å². The molecule has 1 atom stereocenters. The van der Waals surface area contributed by atoms with Crippen LogP contribution in [-0.2, 0) is 23.8 Å². The lowest BCUT2D eigenvalue weighted by Crippen LogP contribution is -2.30. The molecule has 0 radical (unpaired) electrons. The first-order chi connectivity index (χ1) is 33.6. The number of allylic oxidation sites excluding steroid dienone is 21. The molecule has 0 aromatic heterocycles. The van der Waals surface area contributed by atoms with Crippen molar-refractivity contribution in [3.05, 3.63) is 134 Å². The highest BCUT2D eigenvalue weighted by atomic mass is 16.6. The van der Waals surface area contributed by atoms with E-state index < -0.39 is 6.10 Å². The third-order valence-corrected chi connectivity index (χ3v) is 11.2. The van der Waals surface area contributed by atoms with E-state index >= 15 is 0 Å². The van der Waals surface area contributed by atoms with Crippen molar-refractivity contribution in [2.24, 2.45) is 0 Å². The van der Waals surface area contributed by atoms with Gasteiger partial charge in [-0.3, -0.25) is 9.59 Å². The third kappa shape index (κ3) is 54.6. The summed E-state index contributed by atoms with van der Waals surface area (Å²) in [5.74, 6) is -0.487. The molecule has 0 aliphatic carbocycles. The van der Waals surface area contributed by atoms with Crippen molar-refractivity contribution in [1.82, 2.24) is 0 Å². The maximum atomic E-state index is 12.8. The van der Waals surface area contributed by atoms with Crippen LogP contribution in [0.1, 0.15) is 226 Å². The second kappa shape index (κ2) is 57.4. The Morgan fingerprint density at radius 2 is 0.662 bits per heavy atom. The minimum absolute atomic E-state index is 0.0283. The Hall–Kier alpha value is -3.96. The van der Waals surface area contributed by atoms with Crippen LogP contribution in [0.25, 0.3) is 0 Å². The molecule has 5 nitrogen and oxygen atoms in total. The number of rotatable bonds is 49. The van der Waals surface area contributed by atoms with Gasteiger partial charge in [-0.05, 0) is 122 Å². The fourth-order valence-corrected chi connectivity index (χ4v) is 7.12. The monoisotopic (exact) mass is 939 g/mol. The van der Waals surface area contributed by atoms with E-state index in [2.05, 4.69) is 154 Å². The van der Waals surface area contributed by atoms with Gasteiger partial charge in [0, 0.05) is 12.8 Å². The highest BCUT2D eigenvalue weighted by molar-refractivity contribution is 5.70. The van der Waals surface area contributed by atoms with Crippen LogP contribution in [-0.4, -0.2) is 37.9 Å². The zero-order valence-electron chi connectivity index (χ0n) is 44.1. The Morgan fingerprint density at radius 1 is 0.338 bits per heavy atom. The summed E-state index contributed by atoms with van der Waals surface area (Å²) in [7, 11) is 0. The molecule has 0 spiro atoms. The Kier molecular flexibility index (Phi) is 54.0. The summed E-state index contributed by atoms with van der Waals surface area (Å²) in [6.07, 6.45) is 82.0. The van der Waals surface area contributed by atoms with Crippen molar-refractivity contribution in [1.29, 1.82) is 0 Å². The Bertz CT molecular complexity index is 1430. The molecule has 384 valence electrons. The van der Waals surface area contributed by atoms with E-state index in [1.54, 1.807) is 0 Å². The van der Waals surface area contributed by atoms with E-state index in [9.17, 15) is 9.59 Å². The van der Waals surface area contributed by atoms with Gasteiger partial charge in [0.15, 0.2) is 6.10 Å². The van der Waals surface area contributed by atoms with Crippen LogP contribution in [0.2, 0.25) is 0 Å². The first-order valence-corrected chi connectivity index (χ1v) is 27.7. The lowest BCUT2D eigenvalue weighted by molar-refractivity contribution is -0.162. The third-order valence-electron chi connectivity index (χ3n) is 11.2. The molecule has 5 heteroatoms. The van der Waals surface area contributed by atoms with E-state index in [4.69, 9.17) is 14.2 Å². The van der Waals surface area contributed by atoms with E-state index in [-0.39, 0.29) is 25.2 Å². The molecule has 68 heavy (non-hydrogen) atoms. The summed E-state index contributed by atoms with van der Waals surface area (Å²) in [5, 5.41) is 0. The summed E-state index contributed by atoms with van der Waals surface area (Å²) >= 11 is 0. The normalized spacial score (nSPS) is 13.3. The Morgan fingerprint density at radius 3 is 1.09 bits per heavy atom. The number of carbonyl (C=O) groups excluding carboxylic acids is 2. The molecule has 0 aromatic rings. The van der Waals surface area contributed by atoms with Crippen molar-refractivity contribution in [3.8, 4) is 0 Å². The quantitative estimate of drug-likeness (QED) is 0.0345. The van der Waals surface area contributed by atoms with Crippen LogP contribution in [0.4, 0.5) is 0 Å². The molecule has 0 aliphatic heterocycles. The smallest absolute Gasteiger partial charge is 0.306 e. The van der Waals surface area contributed by atoms with Gasteiger partial charge in [0.05, 0.1) is 13.2 Å². The fourth-order valence-electron chi connectivity index (χ4n) is 7.12. The van der Waals surface area contributed by atoms with E-state index in [0.29, 0.717) is 19.4 Å². The fraction of sp³-hybridized carbons (Fsp3) is 0.619. The molecular weight excluding hydrogens is 837 g/mol. The molecule has 0 fully saturated rings. The minimum Gasteiger partial charge on any atom is -0.462 e. The maximum Gasteiger partial charge on any atom is 0.306 e. The standard InChI is InChI=1S/C63H102O5/c1-4-7-10-13-16-19-22-25-28-31-32-34-35-38-41-44-47-50-53-56-62(64)67-60-61(59-66-58-55-52-49-46-43-40-37-30-27-24-21-18-15-12-9-6-3)68-63(65)57-54-51-48-45-42-39-36-33-29-26-23-20-17-14-11-8-5-2/h7,9-10,12,16,18-19,21,25-30,32,34,38,40-41,43,49,52,61H,4-6,8,11,13-15,17,20,22-24,31,33,35-37,39,42,44-48,50-51,53-60H2,1-3H3/b10-7-,12-9-,19-16-,21-18-,28-25-,29-26-,30-27-,34-32-,41-38-,43-40-,52-49-. The molecule has 0 bridgehead atoms. The molecule has 0 N–H and O–H groups in total. The van der Waals surface area contributed by atoms with Gasteiger partial charge in [0.25, 0.3) is 0 Å². The van der Waals surface area contributed by atoms with E-state index in [1.807, 2.05) is 0 Å². The first-order valence-electron chi connectivity index (χ1n) is 27.7. The van der Waals surface area contributed by atoms with Crippen molar-refractivity contribution in [2.75, 3.05) is 19.8 Å². The minimum atomic E-state index is -0.602. The summed E-state index contributed by atoms with van der Waals surface area (Å²) < 4.78 is 17.3. The largest absolute Gasteiger partial charge is 0.462 e. The Balaban J connectivity index is 4.47. The van der Waals surface area contributed by atoms with Gasteiger partial charge >= 0.3 is 11.9 Å². The topological polar surface area (TPSA) is 61.8 Å². The maximum absolute atomic E-state index is 12.8. The van der Waals surface area contributed by atoms with Crippen molar-refractivity contribution < 1.29 is 23.8 Å². The summed E-state index contributed by atoms with van der Waals surface area (Å²) in [5.41, 5.74) is 0. The first kappa shape index (κ1) is 64.0. The number of hydrogen-bond donors (Lipinski definition) is 0. The van der Waals surface area contributed by atoms with Crippen molar-refractivity contribution >= 4 is 11.9 Å². The average Bonchev–Trinajstić information content (AvgIpc) is 3.34. The lowest BCUT2D eigenvalue weighted by atomic mass is 10.1. The van der Waals surface area contributed by atoms with Crippen LogP contribution < -0.4 is 0 Å². The summed E-state index contributed by atoms with van der Waals surface area (Å²) in [6.45, 7) is 7.34. The molecular formula is C63H102O5. The molecule has 0 aromatic carbocycles. The predicted octanol–water partition coefficient (Wildman–Crippen LogP) is 19.1. The number of carbonyl (C=O) groups is 2. The Labute approximate surface area is 419 Å². The molecule has 0 aliphatic rings. The summed E-state index contributed by atoms with van der Waals surface area (Å²) in [4.78, 5) is 25.5. The van der Waals surface area contributed by atoms with Crippen molar-refractivity contribution in [3.63, 3.8) is 0 Å². The van der Waals surface area contributed by atoms with Gasteiger partial charge in [0.2, 0.25) is 0 Å². The molecule has 0 rings (SSSR count). The number of unbranched alkanes of at least 4 members (excludes halogenated alkanes) is 16. The van der Waals surface area contributed by atoms with Gasteiger partial charge in [-0.15, -0.1) is 0 Å². The molecule has 1 unspecified atom stereocenters. The van der Waals surface area contributed by atoms with Crippen LogP contribution in [0.5, 0.6) is 0 Å². The van der Waals surface area contributed by atoms with Gasteiger partial charge in [0.1, 0.15) is 6.61 Å². The number of hydrogen-bond acceptors (Lipinski definition) is 5. The lowest BCUT2D eigenvalue weighted by Gasteiger charge is -2.18. The van der Waals surface area contributed by atoms with Crippen LogP contribution in [0, 0.1) is 0 Å². The van der Waals surface area contributed by atoms with Crippen LogP contribution in [0.15, 0.2) is 134 Å². The average molecular weight is 940 g/mol. The molecule has 0 saturated heterocycles. The molecule has 0 amide bonds. The van der Waals surface area contributed by atoms with Crippen LogP contribution in [0.3, 0.4) is 0 Å². The SMILES string of the molecule is CC/C=C\C/C=C\C/C=C\C/C=C\C/C=C\CCCCCC(=O)OCC(COCC/C=C\C/C=C\C/C=C\C/C=C\C/C=C\CC)OC(=O)CCCCCCCCC/C=C\CCCCCCCC. The zero-order valence-corrected chi connectivity index (χ0v) is 44.1. The van der Waals surface area contributed by atoms with Gasteiger partial charge < -0.3 is 14.2 Å². The van der Waals surface area contributed by atoms with Crippen LogP contribution >= 0.6 is 0 Å². The molecule has 0 saturated carbocycles. The number of ether oxygens (including phenoxy) is 3.